The second-order valence-electron chi connectivity index (χ2n) is 5.18. The van der Waals surface area contributed by atoms with Crippen LogP contribution < -0.4 is 5.56 Å². The third-order valence-electron chi connectivity index (χ3n) is 3.46. The first-order valence-corrected chi connectivity index (χ1v) is 6.30. The van der Waals surface area contributed by atoms with Crippen molar-refractivity contribution in [1.29, 1.82) is 0 Å². The topological polar surface area (TPSA) is 102 Å². The monoisotopic (exact) mass is 280 g/mol. The maximum atomic E-state index is 11.6. The first kappa shape index (κ1) is 13.2. The van der Waals surface area contributed by atoms with Crippen LogP contribution in [0.25, 0.3) is 11.2 Å². The molecular formula is C12H16N4O4. The van der Waals surface area contributed by atoms with Gasteiger partial charge in [-0.3, -0.25) is 9.36 Å². The number of imidazole rings is 1. The van der Waals surface area contributed by atoms with E-state index in [4.69, 9.17) is 9.47 Å². The van der Waals surface area contributed by atoms with Crippen molar-refractivity contribution in [3.05, 3.63) is 23.0 Å². The molecule has 1 fully saturated rings. The van der Waals surface area contributed by atoms with Crippen LogP contribution in [0.3, 0.4) is 0 Å². The summed E-state index contributed by atoms with van der Waals surface area (Å²) in [5.41, 5.74) is -0.791. The van der Waals surface area contributed by atoms with Gasteiger partial charge in [0.1, 0.15) is 5.60 Å². The smallest absolute Gasteiger partial charge is 0.278 e. The quantitative estimate of drug-likeness (QED) is 0.807. The predicted molar refractivity (Wildman–Crippen MR) is 69.2 cm³/mol. The lowest BCUT2D eigenvalue weighted by atomic mass is 10.0. The van der Waals surface area contributed by atoms with Crippen molar-refractivity contribution in [2.24, 2.45) is 0 Å². The zero-order valence-electron chi connectivity index (χ0n) is 11.2. The van der Waals surface area contributed by atoms with Gasteiger partial charge in [-0.1, -0.05) is 0 Å². The molecule has 8 heteroatoms. The Morgan fingerprint density at radius 2 is 2.45 bits per heavy atom. The summed E-state index contributed by atoms with van der Waals surface area (Å²) in [4.78, 5) is 22.2. The fourth-order valence-electron chi connectivity index (χ4n) is 2.62. The van der Waals surface area contributed by atoms with Crippen LogP contribution in [0, 0.1) is 0 Å². The minimum Gasteiger partial charge on any atom is -0.385 e. The van der Waals surface area contributed by atoms with E-state index in [1.807, 2.05) is 0 Å². The summed E-state index contributed by atoms with van der Waals surface area (Å²) in [7, 11) is 1.58. The highest BCUT2D eigenvalue weighted by atomic mass is 16.6. The number of rotatable bonds is 3. The lowest BCUT2D eigenvalue weighted by molar-refractivity contribution is -0.0879. The molecule has 0 aliphatic carbocycles. The summed E-state index contributed by atoms with van der Waals surface area (Å²) < 4.78 is 12.4. The third kappa shape index (κ3) is 2.01. The Hall–Kier alpha value is -1.77. The first-order chi connectivity index (χ1) is 9.53. The Labute approximate surface area is 114 Å². The van der Waals surface area contributed by atoms with Crippen molar-refractivity contribution < 1.29 is 14.6 Å². The molecule has 2 aromatic heterocycles. The van der Waals surface area contributed by atoms with E-state index < -0.39 is 11.8 Å². The number of hydrogen-bond acceptors (Lipinski definition) is 6. The SMILES string of the molecule is COC[C@@H]1C[C@@](C)(O)[C@H](n2cnc3c(=O)[nH]cnc32)O1. The van der Waals surface area contributed by atoms with E-state index >= 15 is 0 Å². The summed E-state index contributed by atoms with van der Waals surface area (Å²) in [6.07, 6.45) is 2.34. The molecule has 0 unspecified atom stereocenters. The molecule has 0 amide bonds. The van der Waals surface area contributed by atoms with Crippen LogP contribution in [0.15, 0.2) is 17.4 Å². The molecule has 0 spiro atoms. The summed E-state index contributed by atoms with van der Waals surface area (Å²) in [5, 5.41) is 10.5. The van der Waals surface area contributed by atoms with Gasteiger partial charge in [-0.25, -0.2) is 9.97 Å². The number of nitrogens with one attached hydrogen (secondary N) is 1. The highest BCUT2D eigenvalue weighted by Crippen LogP contribution is 2.38. The van der Waals surface area contributed by atoms with Crippen molar-refractivity contribution in [3.8, 4) is 0 Å². The molecule has 3 rings (SSSR count). The molecule has 0 aromatic carbocycles. The van der Waals surface area contributed by atoms with Crippen LogP contribution in [-0.4, -0.2) is 50.0 Å². The summed E-state index contributed by atoms with van der Waals surface area (Å²) in [5.74, 6) is 0. The van der Waals surface area contributed by atoms with E-state index in [1.54, 1.807) is 18.6 Å². The van der Waals surface area contributed by atoms with Gasteiger partial charge in [0.25, 0.3) is 5.56 Å². The van der Waals surface area contributed by atoms with Gasteiger partial charge in [-0.05, 0) is 6.92 Å². The van der Waals surface area contributed by atoms with Crippen molar-refractivity contribution in [2.75, 3.05) is 13.7 Å². The first-order valence-electron chi connectivity index (χ1n) is 6.30. The van der Waals surface area contributed by atoms with Crippen LogP contribution in [0.5, 0.6) is 0 Å². The van der Waals surface area contributed by atoms with E-state index in [0.717, 1.165) is 0 Å². The zero-order valence-corrected chi connectivity index (χ0v) is 11.2. The fraction of sp³-hybridized carbons (Fsp3) is 0.583. The molecule has 1 aliphatic rings. The highest BCUT2D eigenvalue weighted by molar-refractivity contribution is 5.68. The van der Waals surface area contributed by atoms with Gasteiger partial charge >= 0.3 is 0 Å². The molecule has 0 radical (unpaired) electrons. The second-order valence-corrected chi connectivity index (χ2v) is 5.18. The molecule has 1 saturated heterocycles. The van der Waals surface area contributed by atoms with E-state index in [9.17, 15) is 9.90 Å². The van der Waals surface area contributed by atoms with Gasteiger partial charge in [-0.2, -0.15) is 0 Å². The molecule has 0 saturated carbocycles. The van der Waals surface area contributed by atoms with Crippen LogP contribution >= 0.6 is 0 Å². The molecule has 1 aliphatic heterocycles. The lowest BCUT2D eigenvalue weighted by Crippen LogP contribution is -2.32. The molecule has 20 heavy (non-hydrogen) atoms. The van der Waals surface area contributed by atoms with Crippen LogP contribution in [-0.2, 0) is 9.47 Å². The predicted octanol–water partition coefficient (Wildman–Crippen LogP) is -0.195. The Kier molecular flexibility index (Phi) is 3.08. The van der Waals surface area contributed by atoms with E-state index in [2.05, 4.69) is 15.0 Å². The molecule has 3 heterocycles. The van der Waals surface area contributed by atoms with Gasteiger partial charge in [0, 0.05) is 13.5 Å². The molecule has 3 atom stereocenters. The average Bonchev–Trinajstić information content (AvgIpc) is 2.91. The summed E-state index contributed by atoms with van der Waals surface area (Å²) >= 11 is 0. The Bertz CT molecular complexity index is 677. The highest BCUT2D eigenvalue weighted by Gasteiger charge is 2.45. The van der Waals surface area contributed by atoms with E-state index in [1.165, 1.54) is 12.7 Å². The number of hydrogen-bond donors (Lipinski definition) is 2. The van der Waals surface area contributed by atoms with E-state index in [0.29, 0.717) is 18.7 Å². The number of fused-ring (bicyclic) bond motifs is 1. The molecule has 2 N–H and O–H groups in total. The van der Waals surface area contributed by atoms with Crippen molar-refractivity contribution in [2.45, 2.75) is 31.3 Å². The largest absolute Gasteiger partial charge is 0.385 e. The molecule has 2 aromatic rings. The fourth-order valence-corrected chi connectivity index (χ4v) is 2.62. The van der Waals surface area contributed by atoms with Crippen molar-refractivity contribution in [1.82, 2.24) is 19.5 Å². The summed E-state index contributed by atoms with van der Waals surface area (Å²) in [6.45, 7) is 2.08. The van der Waals surface area contributed by atoms with Gasteiger partial charge in [0.2, 0.25) is 0 Å². The Morgan fingerprint density at radius 3 is 3.20 bits per heavy atom. The molecule has 8 nitrogen and oxygen atoms in total. The number of nitrogens with zero attached hydrogens (tertiary/aromatic N) is 3. The average molecular weight is 280 g/mol. The number of aromatic amines is 1. The normalized spacial score (nSPS) is 30.1. The maximum absolute atomic E-state index is 11.6. The van der Waals surface area contributed by atoms with Crippen molar-refractivity contribution in [3.63, 3.8) is 0 Å². The molecular weight excluding hydrogens is 264 g/mol. The van der Waals surface area contributed by atoms with Gasteiger partial charge < -0.3 is 19.6 Å². The lowest BCUT2D eigenvalue weighted by Gasteiger charge is -2.24. The van der Waals surface area contributed by atoms with Gasteiger partial charge in [0.15, 0.2) is 17.4 Å². The number of aromatic nitrogens is 4. The Balaban J connectivity index is 2.02. The van der Waals surface area contributed by atoms with Crippen LogP contribution in [0.4, 0.5) is 0 Å². The van der Waals surface area contributed by atoms with E-state index in [-0.39, 0.29) is 17.2 Å². The van der Waals surface area contributed by atoms with Crippen LogP contribution in [0.2, 0.25) is 0 Å². The third-order valence-corrected chi connectivity index (χ3v) is 3.46. The minimum atomic E-state index is -1.08. The number of aliphatic hydroxyl groups is 1. The molecule has 0 bridgehead atoms. The summed E-state index contributed by atoms with van der Waals surface area (Å²) in [6, 6.07) is 0. The van der Waals surface area contributed by atoms with Gasteiger partial charge in [0.05, 0.1) is 25.4 Å². The second kappa shape index (κ2) is 4.65. The number of ether oxygens (including phenoxy) is 2. The standard InChI is InChI=1S/C12H16N4O4/c1-12(18)3-7(4-19-2)20-11(12)16-6-15-8-9(16)13-5-14-10(8)17/h5-7,11,18H,3-4H2,1-2H3,(H,13,14,17)/t7-,11+,12+/m0/s1. The Morgan fingerprint density at radius 1 is 1.65 bits per heavy atom. The maximum Gasteiger partial charge on any atom is 0.278 e. The number of methoxy groups -OCH3 is 1. The van der Waals surface area contributed by atoms with Crippen LogP contribution in [0.1, 0.15) is 19.6 Å². The molecule has 108 valence electrons. The zero-order chi connectivity index (χ0) is 14.3. The number of H-pyrrole nitrogens is 1. The van der Waals surface area contributed by atoms with Crippen molar-refractivity contribution >= 4 is 11.2 Å². The minimum absolute atomic E-state index is 0.209. The van der Waals surface area contributed by atoms with Gasteiger partial charge in [-0.15, -0.1) is 0 Å².